The third kappa shape index (κ3) is 3.97. The van der Waals surface area contributed by atoms with Crippen LogP contribution in [-0.2, 0) is 0 Å². The Bertz CT molecular complexity index is 916. The van der Waals surface area contributed by atoms with Gasteiger partial charge in [-0.15, -0.1) is 0 Å². The monoisotopic (exact) mass is 334 g/mol. The molecule has 3 rings (SSSR count). The molecule has 0 aliphatic carbocycles. The van der Waals surface area contributed by atoms with Gasteiger partial charge in [-0.3, -0.25) is 14.9 Å². The summed E-state index contributed by atoms with van der Waals surface area (Å²) in [5.41, 5.74) is 4.31. The normalized spacial score (nSPS) is 10.7. The fourth-order valence-electron chi connectivity index (χ4n) is 2.24. The number of carbonyl (C=O) groups is 1. The number of nitrogens with one attached hydrogen (secondary N) is 1. The Hall–Kier alpha value is -3.74. The van der Waals surface area contributed by atoms with Crippen LogP contribution in [0.5, 0.6) is 0 Å². The zero-order chi connectivity index (χ0) is 17.6. The summed E-state index contributed by atoms with van der Waals surface area (Å²) in [7, 11) is 0. The van der Waals surface area contributed by atoms with Gasteiger partial charge in [0, 0.05) is 41.3 Å². The smallest absolute Gasteiger partial charge is 0.271 e. The minimum Gasteiger partial charge on any atom is -0.324 e. The molecule has 124 valence electrons. The van der Waals surface area contributed by atoms with Crippen molar-refractivity contribution in [3.8, 4) is 5.69 Å². The Kier molecular flexibility index (Phi) is 4.66. The average Bonchev–Trinajstić information content (AvgIpc) is 3.17. The maximum atomic E-state index is 12.1. The molecule has 0 spiro atoms. The van der Waals surface area contributed by atoms with Gasteiger partial charge >= 0.3 is 0 Å². The van der Waals surface area contributed by atoms with E-state index in [4.69, 9.17) is 0 Å². The molecule has 0 bridgehead atoms. The second kappa shape index (κ2) is 7.22. The molecule has 1 N–H and O–H groups in total. The maximum absolute atomic E-state index is 12.1. The number of nitro benzene ring substituents is 1. The number of non-ortho nitro benzene ring substituents is 1. The van der Waals surface area contributed by atoms with Gasteiger partial charge in [0.25, 0.3) is 11.6 Å². The Morgan fingerprint density at radius 3 is 2.48 bits per heavy atom. The molecule has 0 fully saturated rings. The number of amides is 1. The zero-order valence-electron chi connectivity index (χ0n) is 13.1. The van der Waals surface area contributed by atoms with E-state index in [2.05, 4.69) is 10.5 Å². The molecule has 7 heteroatoms. The van der Waals surface area contributed by atoms with Crippen molar-refractivity contribution in [3.63, 3.8) is 0 Å². The van der Waals surface area contributed by atoms with Crippen LogP contribution < -0.4 is 5.43 Å². The van der Waals surface area contributed by atoms with Crippen LogP contribution in [0, 0.1) is 10.1 Å². The molecule has 3 aromatic rings. The predicted octanol–water partition coefficient (Wildman–Crippen LogP) is 3.15. The molecule has 1 aromatic heterocycles. The van der Waals surface area contributed by atoms with Crippen LogP contribution in [0.25, 0.3) is 5.69 Å². The Labute approximate surface area is 143 Å². The molecule has 0 radical (unpaired) electrons. The van der Waals surface area contributed by atoms with Crippen LogP contribution in [0.1, 0.15) is 15.9 Å². The number of hydrogen-bond acceptors (Lipinski definition) is 4. The minimum absolute atomic E-state index is 0.0316. The van der Waals surface area contributed by atoms with E-state index in [1.807, 2.05) is 41.2 Å². The van der Waals surface area contributed by atoms with Crippen molar-refractivity contribution in [2.45, 2.75) is 0 Å². The molecule has 7 nitrogen and oxygen atoms in total. The largest absolute Gasteiger partial charge is 0.324 e. The van der Waals surface area contributed by atoms with Gasteiger partial charge in [0.1, 0.15) is 0 Å². The van der Waals surface area contributed by atoms with Gasteiger partial charge in [-0.2, -0.15) is 5.10 Å². The zero-order valence-corrected chi connectivity index (χ0v) is 13.1. The van der Waals surface area contributed by atoms with Crippen molar-refractivity contribution in [1.29, 1.82) is 0 Å². The van der Waals surface area contributed by atoms with E-state index in [9.17, 15) is 14.9 Å². The van der Waals surface area contributed by atoms with Crippen molar-refractivity contribution in [3.05, 3.63) is 94.3 Å². The van der Waals surface area contributed by atoms with Gasteiger partial charge in [-0.05, 0) is 36.4 Å². The summed E-state index contributed by atoms with van der Waals surface area (Å²) in [4.78, 5) is 22.3. The Morgan fingerprint density at radius 1 is 1.08 bits per heavy atom. The number of carbonyl (C=O) groups excluding carboxylic acids is 1. The number of nitrogens with zero attached hydrogens (tertiary/aromatic N) is 3. The first-order valence-electron chi connectivity index (χ1n) is 7.45. The van der Waals surface area contributed by atoms with Crippen LogP contribution >= 0.6 is 0 Å². The molecule has 0 unspecified atom stereocenters. The van der Waals surface area contributed by atoms with E-state index in [-0.39, 0.29) is 11.6 Å². The minimum atomic E-state index is -0.484. The van der Waals surface area contributed by atoms with Crippen molar-refractivity contribution < 1.29 is 9.72 Å². The van der Waals surface area contributed by atoms with Crippen molar-refractivity contribution in [2.24, 2.45) is 5.10 Å². The van der Waals surface area contributed by atoms with Crippen LogP contribution in [-0.4, -0.2) is 21.6 Å². The summed E-state index contributed by atoms with van der Waals surface area (Å²) in [6.45, 7) is 0. The highest BCUT2D eigenvalue weighted by molar-refractivity contribution is 5.95. The first kappa shape index (κ1) is 16.1. The van der Waals surface area contributed by atoms with E-state index < -0.39 is 4.92 Å². The molecule has 1 heterocycles. The van der Waals surface area contributed by atoms with E-state index in [0.717, 1.165) is 5.69 Å². The number of hydrogen-bond donors (Lipinski definition) is 1. The molecule has 0 atom stereocenters. The van der Waals surface area contributed by atoms with Gasteiger partial charge < -0.3 is 4.57 Å². The fourth-order valence-corrected chi connectivity index (χ4v) is 2.24. The van der Waals surface area contributed by atoms with Gasteiger partial charge in [0.05, 0.1) is 11.1 Å². The second-order valence-corrected chi connectivity index (χ2v) is 5.19. The third-order valence-electron chi connectivity index (χ3n) is 3.49. The summed E-state index contributed by atoms with van der Waals surface area (Å²) < 4.78 is 1.93. The van der Waals surface area contributed by atoms with E-state index in [0.29, 0.717) is 11.1 Å². The van der Waals surface area contributed by atoms with Crippen LogP contribution in [0.4, 0.5) is 5.69 Å². The molecule has 25 heavy (non-hydrogen) atoms. The number of aromatic nitrogens is 1. The topological polar surface area (TPSA) is 89.5 Å². The average molecular weight is 334 g/mol. The Morgan fingerprint density at radius 2 is 1.80 bits per heavy atom. The SMILES string of the molecule is O=C(NN=Cc1cccc([N+](=O)[O-])c1)c1ccc(-n2cccc2)cc1. The van der Waals surface area contributed by atoms with Gasteiger partial charge in [0.15, 0.2) is 0 Å². The quantitative estimate of drug-likeness (QED) is 0.441. The molecule has 1 amide bonds. The fraction of sp³-hybridized carbons (Fsp3) is 0. The van der Waals surface area contributed by atoms with Crippen molar-refractivity contribution in [1.82, 2.24) is 9.99 Å². The highest BCUT2D eigenvalue weighted by atomic mass is 16.6. The van der Waals surface area contributed by atoms with Crippen LogP contribution in [0.2, 0.25) is 0 Å². The summed E-state index contributed by atoms with van der Waals surface area (Å²) in [5, 5.41) is 14.6. The number of benzene rings is 2. The van der Waals surface area contributed by atoms with E-state index in [1.165, 1.54) is 18.3 Å². The first-order valence-corrected chi connectivity index (χ1v) is 7.45. The number of nitro groups is 1. The molecule has 0 saturated heterocycles. The first-order chi connectivity index (χ1) is 12.1. The highest BCUT2D eigenvalue weighted by Gasteiger charge is 2.06. The lowest BCUT2D eigenvalue weighted by molar-refractivity contribution is -0.384. The lowest BCUT2D eigenvalue weighted by atomic mass is 10.2. The van der Waals surface area contributed by atoms with E-state index >= 15 is 0 Å². The molecular weight excluding hydrogens is 320 g/mol. The highest BCUT2D eigenvalue weighted by Crippen LogP contribution is 2.12. The summed E-state index contributed by atoms with van der Waals surface area (Å²) in [5.74, 6) is -0.360. The van der Waals surface area contributed by atoms with Crippen LogP contribution in [0.3, 0.4) is 0 Å². The second-order valence-electron chi connectivity index (χ2n) is 5.19. The summed E-state index contributed by atoms with van der Waals surface area (Å²) in [6.07, 6.45) is 5.19. The number of hydrazone groups is 1. The molecule has 0 saturated carbocycles. The summed E-state index contributed by atoms with van der Waals surface area (Å²) in [6, 6.07) is 16.9. The lowest BCUT2D eigenvalue weighted by Gasteiger charge is -2.04. The molecule has 2 aromatic carbocycles. The molecule has 0 aliphatic rings. The molecule has 0 aliphatic heterocycles. The number of rotatable bonds is 5. The van der Waals surface area contributed by atoms with Crippen molar-refractivity contribution in [2.75, 3.05) is 0 Å². The van der Waals surface area contributed by atoms with Gasteiger partial charge in [-0.25, -0.2) is 5.43 Å². The standard InChI is InChI=1S/C18H14N4O3/c23-18(15-6-8-16(9-7-15)21-10-1-2-11-21)20-19-13-14-4-3-5-17(12-14)22(24)25/h1-13H,(H,20,23). The Balaban J connectivity index is 1.64. The third-order valence-corrected chi connectivity index (χ3v) is 3.49. The summed E-state index contributed by atoms with van der Waals surface area (Å²) >= 11 is 0. The van der Waals surface area contributed by atoms with Crippen molar-refractivity contribution >= 4 is 17.8 Å². The molecular formula is C18H14N4O3. The van der Waals surface area contributed by atoms with Gasteiger partial charge in [-0.1, -0.05) is 12.1 Å². The van der Waals surface area contributed by atoms with Gasteiger partial charge in [0.2, 0.25) is 0 Å². The van der Waals surface area contributed by atoms with E-state index in [1.54, 1.807) is 24.3 Å². The maximum Gasteiger partial charge on any atom is 0.271 e. The predicted molar refractivity (Wildman–Crippen MR) is 93.9 cm³/mol. The lowest BCUT2D eigenvalue weighted by Crippen LogP contribution is -2.17. The van der Waals surface area contributed by atoms with Crippen LogP contribution in [0.15, 0.2) is 78.2 Å².